The first-order valence-electron chi connectivity index (χ1n) is 6.37. The Morgan fingerprint density at radius 1 is 1.29 bits per heavy atom. The molecule has 1 unspecified atom stereocenters. The van der Waals surface area contributed by atoms with Crippen molar-refractivity contribution in [3.63, 3.8) is 0 Å². The minimum atomic E-state index is 0.0723. The monoisotopic (exact) mass is 315 g/mol. The van der Waals surface area contributed by atoms with Crippen molar-refractivity contribution in [1.29, 1.82) is 0 Å². The SMILES string of the molecule is NC(CC1CCCCC1)c1cc(Br)ccc1Cl. The normalized spacial score (nSPS) is 19.2. The van der Waals surface area contributed by atoms with Crippen molar-refractivity contribution in [3.05, 3.63) is 33.3 Å². The average Bonchev–Trinajstić information content (AvgIpc) is 2.33. The number of hydrogen-bond donors (Lipinski definition) is 1. The lowest BCUT2D eigenvalue weighted by atomic mass is 9.83. The van der Waals surface area contributed by atoms with Crippen LogP contribution in [0.5, 0.6) is 0 Å². The largest absolute Gasteiger partial charge is 0.324 e. The van der Waals surface area contributed by atoms with Gasteiger partial charge in [0.05, 0.1) is 0 Å². The molecule has 1 nitrogen and oxygen atoms in total. The number of hydrogen-bond acceptors (Lipinski definition) is 1. The molecule has 0 amide bonds. The molecule has 1 aromatic rings. The van der Waals surface area contributed by atoms with Crippen LogP contribution in [0, 0.1) is 5.92 Å². The number of halogens is 2. The summed E-state index contributed by atoms with van der Waals surface area (Å²) in [5.41, 5.74) is 7.37. The molecule has 0 aromatic heterocycles. The molecule has 1 aromatic carbocycles. The second-order valence-corrected chi connectivity index (χ2v) is 6.33. The van der Waals surface area contributed by atoms with Crippen LogP contribution in [-0.4, -0.2) is 0 Å². The third-order valence-corrected chi connectivity index (χ3v) is 4.51. The van der Waals surface area contributed by atoms with Crippen LogP contribution in [0.4, 0.5) is 0 Å². The molecule has 3 heteroatoms. The Morgan fingerprint density at radius 3 is 2.71 bits per heavy atom. The Bertz CT molecular complexity index is 374. The first kappa shape index (κ1) is 13.4. The third kappa shape index (κ3) is 3.70. The van der Waals surface area contributed by atoms with Crippen LogP contribution in [0.2, 0.25) is 5.02 Å². The van der Waals surface area contributed by atoms with Crippen LogP contribution in [0.1, 0.15) is 50.1 Å². The highest BCUT2D eigenvalue weighted by Gasteiger charge is 2.19. The molecular weight excluding hydrogens is 298 g/mol. The molecule has 0 radical (unpaired) electrons. The maximum absolute atomic E-state index is 6.29. The van der Waals surface area contributed by atoms with Gasteiger partial charge in [-0.3, -0.25) is 0 Å². The van der Waals surface area contributed by atoms with Gasteiger partial charge < -0.3 is 5.73 Å². The minimum absolute atomic E-state index is 0.0723. The van der Waals surface area contributed by atoms with Crippen LogP contribution >= 0.6 is 27.5 Å². The molecule has 2 N–H and O–H groups in total. The first-order chi connectivity index (χ1) is 8.16. The smallest absolute Gasteiger partial charge is 0.0454 e. The van der Waals surface area contributed by atoms with Crippen LogP contribution in [0.25, 0.3) is 0 Å². The summed E-state index contributed by atoms with van der Waals surface area (Å²) in [6.07, 6.45) is 7.85. The topological polar surface area (TPSA) is 26.0 Å². The number of benzene rings is 1. The minimum Gasteiger partial charge on any atom is -0.324 e. The van der Waals surface area contributed by atoms with Crippen molar-refractivity contribution < 1.29 is 0 Å². The summed E-state index contributed by atoms with van der Waals surface area (Å²) in [7, 11) is 0. The fraction of sp³-hybridized carbons (Fsp3) is 0.571. The second kappa shape index (κ2) is 6.21. The first-order valence-corrected chi connectivity index (χ1v) is 7.54. The number of nitrogens with two attached hydrogens (primary N) is 1. The van der Waals surface area contributed by atoms with Gasteiger partial charge >= 0.3 is 0 Å². The molecular formula is C14H19BrClN. The second-order valence-electron chi connectivity index (χ2n) is 5.01. The van der Waals surface area contributed by atoms with E-state index in [2.05, 4.69) is 22.0 Å². The molecule has 0 heterocycles. The standard InChI is InChI=1S/C14H19BrClN/c15-11-6-7-13(16)12(9-11)14(17)8-10-4-2-1-3-5-10/h6-7,9-10,14H,1-5,8,17H2. The Kier molecular flexibility index (Phi) is 4.89. The van der Waals surface area contributed by atoms with Crippen molar-refractivity contribution >= 4 is 27.5 Å². The zero-order valence-corrected chi connectivity index (χ0v) is 12.3. The summed E-state index contributed by atoms with van der Waals surface area (Å²) in [4.78, 5) is 0. The van der Waals surface area contributed by atoms with Crippen LogP contribution in [0.15, 0.2) is 22.7 Å². The highest BCUT2D eigenvalue weighted by molar-refractivity contribution is 9.10. The van der Waals surface area contributed by atoms with Crippen molar-refractivity contribution in [2.75, 3.05) is 0 Å². The van der Waals surface area contributed by atoms with Gasteiger partial charge in [-0.05, 0) is 36.1 Å². The quantitative estimate of drug-likeness (QED) is 0.827. The molecule has 0 spiro atoms. The molecule has 1 saturated carbocycles. The summed E-state index contributed by atoms with van der Waals surface area (Å²) < 4.78 is 1.05. The van der Waals surface area contributed by atoms with Gasteiger partial charge in [0.1, 0.15) is 0 Å². The molecule has 1 aliphatic carbocycles. The summed E-state index contributed by atoms with van der Waals surface area (Å²) in [5, 5.41) is 0.788. The van der Waals surface area contributed by atoms with E-state index in [-0.39, 0.29) is 6.04 Å². The van der Waals surface area contributed by atoms with Crippen LogP contribution < -0.4 is 5.73 Å². The van der Waals surface area contributed by atoms with Gasteiger partial charge in [0.2, 0.25) is 0 Å². The maximum Gasteiger partial charge on any atom is 0.0454 e. The maximum atomic E-state index is 6.29. The highest BCUT2D eigenvalue weighted by atomic mass is 79.9. The van der Waals surface area contributed by atoms with E-state index in [0.29, 0.717) is 0 Å². The van der Waals surface area contributed by atoms with Crippen molar-refractivity contribution in [2.45, 2.75) is 44.6 Å². The van der Waals surface area contributed by atoms with Crippen molar-refractivity contribution in [3.8, 4) is 0 Å². The van der Waals surface area contributed by atoms with Gasteiger partial charge in [-0.1, -0.05) is 59.6 Å². The van der Waals surface area contributed by atoms with E-state index in [1.807, 2.05) is 12.1 Å². The van der Waals surface area contributed by atoms with Crippen molar-refractivity contribution in [1.82, 2.24) is 0 Å². The summed E-state index contributed by atoms with van der Waals surface area (Å²) in [6.45, 7) is 0. The van der Waals surface area contributed by atoms with E-state index in [0.717, 1.165) is 27.4 Å². The fourth-order valence-electron chi connectivity index (χ4n) is 2.71. The van der Waals surface area contributed by atoms with E-state index >= 15 is 0 Å². The Morgan fingerprint density at radius 2 is 2.00 bits per heavy atom. The summed E-state index contributed by atoms with van der Waals surface area (Å²) >= 11 is 9.68. The molecule has 1 atom stereocenters. The predicted octanol–water partition coefficient (Wildman–Crippen LogP) is 5.07. The van der Waals surface area contributed by atoms with Gasteiger partial charge in [-0.15, -0.1) is 0 Å². The molecule has 2 rings (SSSR count). The lowest BCUT2D eigenvalue weighted by molar-refractivity contribution is 0.319. The highest BCUT2D eigenvalue weighted by Crippen LogP contribution is 2.33. The van der Waals surface area contributed by atoms with Crippen molar-refractivity contribution in [2.24, 2.45) is 11.7 Å². The average molecular weight is 317 g/mol. The molecule has 0 saturated heterocycles. The van der Waals surface area contributed by atoms with Gasteiger partial charge in [-0.2, -0.15) is 0 Å². The third-order valence-electron chi connectivity index (χ3n) is 3.67. The fourth-order valence-corrected chi connectivity index (χ4v) is 3.34. The zero-order valence-electron chi connectivity index (χ0n) is 9.96. The van der Waals surface area contributed by atoms with E-state index < -0.39 is 0 Å². The lowest BCUT2D eigenvalue weighted by Crippen LogP contribution is -2.17. The Hall–Kier alpha value is -0.0500. The predicted molar refractivity (Wildman–Crippen MR) is 77.3 cm³/mol. The number of rotatable bonds is 3. The Balaban J connectivity index is 2.02. The molecule has 1 fully saturated rings. The lowest BCUT2D eigenvalue weighted by Gasteiger charge is -2.25. The Labute approximate surface area is 117 Å². The zero-order chi connectivity index (χ0) is 12.3. The van der Waals surface area contributed by atoms with Gasteiger partial charge in [0.25, 0.3) is 0 Å². The van der Waals surface area contributed by atoms with Gasteiger partial charge in [0, 0.05) is 15.5 Å². The van der Waals surface area contributed by atoms with Gasteiger partial charge in [0.15, 0.2) is 0 Å². The summed E-state index contributed by atoms with van der Waals surface area (Å²) in [5.74, 6) is 0.786. The van der Waals surface area contributed by atoms with E-state index in [1.54, 1.807) is 0 Å². The van der Waals surface area contributed by atoms with Crippen LogP contribution in [-0.2, 0) is 0 Å². The van der Waals surface area contributed by atoms with E-state index in [9.17, 15) is 0 Å². The van der Waals surface area contributed by atoms with E-state index in [1.165, 1.54) is 32.1 Å². The molecule has 0 bridgehead atoms. The molecule has 17 heavy (non-hydrogen) atoms. The van der Waals surface area contributed by atoms with E-state index in [4.69, 9.17) is 17.3 Å². The molecule has 94 valence electrons. The summed E-state index contributed by atoms with van der Waals surface area (Å²) in [6, 6.07) is 6.00. The molecule has 0 aliphatic heterocycles. The van der Waals surface area contributed by atoms with Crippen LogP contribution in [0.3, 0.4) is 0 Å². The van der Waals surface area contributed by atoms with Gasteiger partial charge in [-0.25, -0.2) is 0 Å². The molecule has 1 aliphatic rings.